The van der Waals surface area contributed by atoms with E-state index in [0.717, 1.165) is 23.6 Å². The maximum Gasteiger partial charge on any atom is 0.319 e. The Morgan fingerprint density at radius 3 is 2.59 bits per heavy atom. The van der Waals surface area contributed by atoms with Crippen molar-refractivity contribution in [3.05, 3.63) is 60.4 Å². The lowest BCUT2D eigenvalue weighted by atomic mass is 10.2. The van der Waals surface area contributed by atoms with Gasteiger partial charge in [0.05, 0.1) is 37.8 Å². The van der Waals surface area contributed by atoms with E-state index in [1.165, 1.54) is 0 Å². The van der Waals surface area contributed by atoms with E-state index in [-0.39, 0.29) is 18.5 Å². The van der Waals surface area contributed by atoms with E-state index in [4.69, 9.17) is 9.47 Å². The maximum atomic E-state index is 12.3. The molecule has 2 heterocycles. The van der Waals surface area contributed by atoms with Crippen molar-refractivity contribution in [3.63, 3.8) is 0 Å². The number of carbonyl (C=O) groups is 2. The Balaban J connectivity index is 1.35. The van der Waals surface area contributed by atoms with Crippen LogP contribution in [0.15, 0.2) is 54.7 Å². The standard InChI is InChI=1S/C23H25N5O4/c1-31-19-8-6-18(7-9-19)28-13-11-17(26-28)15-24-23(30)25-16-5-10-20(21(14-16)32-2)27-12-3-4-22(27)29/h5-11,13-14H,3-4,12,15H2,1-2H3,(H2,24,25,30). The minimum atomic E-state index is -0.365. The molecule has 1 saturated heterocycles. The molecule has 0 aliphatic carbocycles. The molecule has 2 aromatic carbocycles. The van der Waals surface area contributed by atoms with Crippen molar-refractivity contribution in [2.45, 2.75) is 19.4 Å². The van der Waals surface area contributed by atoms with Gasteiger partial charge in [0, 0.05) is 30.9 Å². The van der Waals surface area contributed by atoms with Crippen LogP contribution in [0.2, 0.25) is 0 Å². The Bertz CT molecular complexity index is 1110. The van der Waals surface area contributed by atoms with Crippen LogP contribution in [0, 0.1) is 0 Å². The third-order valence-electron chi connectivity index (χ3n) is 5.21. The van der Waals surface area contributed by atoms with Gasteiger partial charge in [-0.1, -0.05) is 0 Å². The zero-order chi connectivity index (χ0) is 22.5. The number of ether oxygens (including phenoxy) is 2. The fraction of sp³-hybridized carbons (Fsp3) is 0.261. The summed E-state index contributed by atoms with van der Waals surface area (Å²) in [4.78, 5) is 26.1. The monoisotopic (exact) mass is 435 g/mol. The summed E-state index contributed by atoms with van der Waals surface area (Å²) in [6, 6.07) is 14.3. The average Bonchev–Trinajstić information content (AvgIpc) is 3.47. The average molecular weight is 435 g/mol. The Morgan fingerprint density at radius 1 is 1.09 bits per heavy atom. The van der Waals surface area contributed by atoms with Crippen LogP contribution in [0.25, 0.3) is 5.69 Å². The molecule has 1 aromatic heterocycles. The van der Waals surface area contributed by atoms with Crippen LogP contribution in [-0.2, 0) is 11.3 Å². The molecule has 166 valence electrons. The van der Waals surface area contributed by atoms with Crippen LogP contribution in [0.5, 0.6) is 11.5 Å². The molecule has 9 heteroatoms. The highest BCUT2D eigenvalue weighted by atomic mass is 16.5. The minimum absolute atomic E-state index is 0.0795. The number of aromatic nitrogens is 2. The van der Waals surface area contributed by atoms with Crippen LogP contribution in [0.4, 0.5) is 16.2 Å². The van der Waals surface area contributed by atoms with E-state index in [1.54, 1.807) is 42.0 Å². The molecule has 0 saturated carbocycles. The summed E-state index contributed by atoms with van der Waals surface area (Å²) in [7, 11) is 3.17. The van der Waals surface area contributed by atoms with Crippen LogP contribution < -0.4 is 25.0 Å². The number of amides is 3. The lowest BCUT2D eigenvalue weighted by Gasteiger charge is -2.19. The van der Waals surface area contributed by atoms with Gasteiger partial charge in [-0.15, -0.1) is 0 Å². The summed E-state index contributed by atoms with van der Waals surface area (Å²) in [6.07, 6.45) is 3.21. The molecule has 1 fully saturated rings. The van der Waals surface area contributed by atoms with Gasteiger partial charge in [0.2, 0.25) is 5.91 Å². The van der Waals surface area contributed by atoms with Gasteiger partial charge < -0.3 is 25.0 Å². The Morgan fingerprint density at radius 2 is 1.91 bits per heavy atom. The molecule has 1 aliphatic rings. The molecule has 1 aliphatic heterocycles. The smallest absolute Gasteiger partial charge is 0.319 e. The van der Waals surface area contributed by atoms with E-state index in [1.807, 2.05) is 36.5 Å². The van der Waals surface area contributed by atoms with Gasteiger partial charge >= 0.3 is 6.03 Å². The predicted octanol–water partition coefficient (Wildman–Crippen LogP) is 3.34. The summed E-state index contributed by atoms with van der Waals surface area (Å²) >= 11 is 0. The molecule has 3 aromatic rings. The number of benzene rings is 2. The summed E-state index contributed by atoms with van der Waals surface area (Å²) in [5.74, 6) is 1.39. The number of anilines is 2. The second-order valence-corrected chi connectivity index (χ2v) is 7.29. The van der Waals surface area contributed by atoms with Gasteiger partial charge in [-0.05, 0) is 48.9 Å². The predicted molar refractivity (Wildman–Crippen MR) is 121 cm³/mol. The second-order valence-electron chi connectivity index (χ2n) is 7.29. The quantitative estimate of drug-likeness (QED) is 0.593. The van der Waals surface area contributed by atoms with Gasteiger partial charge in [0.25, 0.3) is 0 Å². The highest BCUT2D eigenvalue weighted by molar-refractivity contribution is 5.97. The topological polar surface area (TPSA) is 97.7 Å². The zero-order valence-corrected chi connectivity index (χ0v) is 18.0. The molecule has 3 amide bonds. The SMILES string of the molecule is COc1ccc(-n2ccc(CNC(=O)Nc3ccc(N4CCCC4=O)c(OC)c3)n2)cc1. The Labute approximate surface area is 185 Å². The highest BCUT2D eigenvalue weighted by Gasteiger charge is 2.24. The third-order valence-corrected chi connectivity index (χ3v) is 5.21. The molecule has 0 radical (unpaired) electrons. The lowest BCUT2D eigenvalue weighted by Crippen LogP contribution is -2.28. The van der Waals surface area contributed by atoms with Crippen molar-refractivity contribution in [2.24, 2.45) is 0 Å². The highest BCUT2D eigenvalue weighted by Crippen LogP contribution is 2.33. The van der Waals surface area contributed by atoms with E-state index >= 15 is 0 Å². The Kier molecular flexibility index (Phi) is 6.25. The molecule has 9 nitrogen and oxygen atoms in total. The molecular formula is C23H25N5O4. The first kappa shape index (κ1) is 21.2. The van der Waals surface area contributed by atoms with Gasteiger partial charge in [0.15, 0.2) is 0 Å². The third kappa shape index (κ3) is 4.66. The molecular weight excluding hydrogens is 410 g/mol. The van der Waals surface area contributed by atoms with Crippen molar-refractivity contribution >= 4 is 23.3 Å². The normalized spacial score (nSPS) is 13.2. The van der Waals surface area contributed by atoms with Crippen LogP contribution >= 0.6 is 0 Å². The van der Waals surface area contributed by atoms with Crippen LogP contribution in [0.1, 0.15) is 18.5 Å². The molecule has 0 bridgehead atoms. The largest absolute Gasteiger partial charge is 0.497 e. The summed E-state index contributed by atoms with van der Waals surface area (Å²) in [5, 5.41) is 10.1. The second kappa shape index (κ2) is 9.42. The Hall–Kier alpha value is -4.01. The van der Waals surface area contributed by atoms with Crippen LogP contribution in [-0.4, -0.2) is 42.5 Å². The van der Waals surface area contributed by atoms with Gasteiger partial charge in [-0.3, -0.25) is 4.79 Å². The molecule has 4 rings (SSSR count). The van der Waals surface area contributed by atoms with Crippen LogP contribution in [0.3, 0.4) is 0 Å². The van der Waals surface area contributed by atoms with Gasteiger partial charge in [0.1, 0.15) is 11.5 Å². The number of hydrogen-bond donors (Lipinski definition) is 2. The van der Waals surface area contributed by atoms with E-state index in [2.05, 4.69) is 15.7 Å². The zero-order valence-electron chi connectivity index (χ0n) is 18.0. The number of nitrogens with one attached hydrogen (secondary N) is 2. The summed E-state index contributed by atoms with van der Waals surface area (Å²) < 4.78 is 12.3. The maximum absolute atomic E-state index is 12.3. The molecule has 2 N–H and O–H groups in total. The van der Waals surface area contributed by atoms with E-state index < -0.39 is 0 Å². The minimum Gasteiger partial charge on any atom is -0.497 e. The lowest BCUT2D eigenvalue weighted by molar-refractivity contribution is -0.117. The first-order valence-corrected chi connectivity index (χ1v) is 10.3. The van der Waals surface area contributed by atoms with Gasteiger partial charge in [-0.25, -0.2) is 9.48 Å². The van der Waals surface area contributed by atoms with Crippen molar-refractivity contribution < 1.29 is 19.1 Å². The van der Waals surface area contributed by atoms with Crippen molar-refractivity contribution in [3.8, 4) is 17.2 Å². The molecule has 0 unspecified atom stereocenters. The number of carbonyl (C=O) groups excluding carboxylic acids is 2. The number of hydrogen-bond acceptors (Lipinski definition) is 5. The fourth-order valence-corrected chi connectivity index (χ4v) is 3.56. The van der Waals surface area contributed by atoms with Crippen molar-refractivity contribution in [1.82, 2.24) is 15.1 Å². The number of nitrogens with zero attached hydrogens (tertiary/aromatic N) is 3. The molecule has 32 heavy (non-hydrogen) atoms. The number of urea groups is 1. The summed E-state index contributed by atoms with van der Waals surface area (Å²) in [6.45, 7) is 0.943. The number of rotatable bonds is 7. The van der Waals surface area contributed by atoms with Crippen molar-refractivity contribution in [2.75, 3.05) is 31.0 Å². The van der Waals surface area contributed by atoms with Gasteiger partial charge in [-0.2, -0.15) is 5.10 Å². The van der Waals surface area contributed by atoms with Crippen molar-refractivity contribution in [1.29, 1.82) is 0 Å². The molecule has 0 atom stereocenters. The number of methoxy groups -OCH3 is 2. The first-order chi connectivity index (χ1) is 15.6. The van der Waals surface area contributed by atoms with E-state index in [9.17, 15) is 9.59 Å². The molecule has 0 spiro atoms. The van der Waals surface area contributed by atoms with E-state index in [0.29, 0.717) is 30.1 Å². The first-order valence-electron chi connectivity index (χ1n) is 10.3. The summed E-state index contributed by atoms with van der Waals surface area (Å²) in [5.41, 5.74) is 2.89. The fourth-order valence-electron chi connectivity index (χ4n) is 3.56.